The molecule has 1 amide bonds. The lowest BCUT2D eigenvalue weighted by molar-refractivity contribution is 0.102. The van der Waals surface area contributed by atoms with E-state index in [9.17, 15) is 4.79 Å². The van der Waals surface area contributed by atoms with Crippen molar-refractivity contribution in [1.82, 2.24) is 5.16 Å². The first kappa shape index (κ1) is 13.8. The standard InChI is InChI=1S/C14H15BrN2O2/c1-8(2)12-7-13(19-17-12)16-14(18)11-6-10(15)5-4-9(11)3/h4-8H,1-3H3,(H,16,18). The van der Waals surface area contributed by atoms with Gasteiger partial charge >= 0.3 is 0 Å². The lowest BCUT2D eigenvalue weighted by Gasteiger charge is -2.05. The van der Waals surface area contributed by atoms with E-state index in [4.69, 9.17) is 4.52 Å². The Hall–Kier alpha value is -1.62. The van der Waals surface area contributed by atoms with Crippen molar-refractivity contribution in [3.8, 4) is 0 Å². The van der Waals surface area contributed by atoms with E-state index in [1.807, 2.05) is 32.9 Å². The van der Waals surface area contributed by atoms with Gasteiger partial charge in [-0.05, 0) is 30.5 Å². The lowest BCUT2D eigenvalue weighted by Crippen LogP contribution is -2.12. The van der Waals surface area contributed by atoms with Gasteiger partial charge in [-0.2, -0.15) is 0 Å². The van der Waals surface area contributed by atoms with E-state index in [0.717, 1.165) is 15.7 Å². The number of halogens is 1. The Labute approximate surface area is 120 Å². The van der Waals surface area contributed by atoms with E-state index in [1.165, 1.54) is 0 Å². The predicted molar refractivity (Wildman–Crippen MR) is 77.4 cm³/mol. The fraction of sp³-hybridized carbons (Fsp3) is 0.286. The molecule has 0 fully saturated rings. The molecule has 0 spiro atoms. The zero-order valence-corrected chi connectivity index (χ0v) is 12.6. The van der Waals surface area contributed by atoms with E-state index in [-0.39, 0.29) is 11.8 Å². The molecule has 1 aromatic heterocycles. The summed E-state index contributed by atoms with van der Waals surface area (Å²) in [5.74, 6) is 0.431. The smallest absolute Gasteiger partial charge is 0.258 e. The van der Waals surface area contributed by atoms with Crippen LogP contribution in [0.4, 0.5) is 5.88 Å². The second-order valence-electron chi connectivity index (χ2n) is 4.68. The monoisotopic (exact) mass is 322 g/mol. The van der Waals surface area contributed by atoms with Crippen LogP contribution in [0.2, 0.25) is 0 Å². The molecule has 2 rings (SSSR count). The highest BCUT2D eigenvalue weighted by Crippen LogP contribution is 2.20. The Kier molecular flexibility index (Phi) is 4.04. The summed E-state index contributed by atoms with van der Waals surface area (Å²) in [6, 6.07) is 7.32. The number of carbonyl (C=O) groups excluding carboxylic acids is 1. The Morgan fingerprint density at radius 2 is 2.11 bits per heavy atom. The van der Waals surface area contributed by atoms with Crippen LogP contribution >= 0.6 is 15.9 Å². The molecule has 0 aliphatic rings. The number of amides is 1. The van der Waals surface area contributed by atoms with Gasteiger partial charge in [0, 0.05) is 16.1 Å². The summed E-state index contributed by atoms with van der Waals surface area (Å²) in [7, 11) is 0. The first-order valence-corrected chi connectivity index (χ1v) is 6.81. The fourth-order valence-corrected chi connectivity index (χ4v) is 2.00. The molecular weight excluding hydrogens is 308 g/mol. The third-order valence-corrected chi connectivity index (χ3v) is 3.29. The maximum absolute atomic E-state index is 12.1. The molecule has 5 heteroatoms. The molecule has 0 aliphatic carbocycles. The summed E-state index contributed by atoms with van der Waals surface area (Å²) in [5, 5.41) is 6.62. The van der Waals surface area contributed by atoms with Crippen molar-refractivity contribution in [2.75, 3.05) is 5.32 Å². The van der Waals surface area contributed by atoms with E-state index in [2.05, 4.69) is 26.4 Å². The van der Waals surface area contributed by atoms with Crippen LogP contribution in [-0.2, 0) is 0 Å². The summed E-state index contributed by atoms with van der Waals surface area (Å²) in [4.78, 5) is 12.1. The molecule has 0 unspecified atom stereocenters. The first-order valence-electron chi connectivity index (χ1n) is 6.01. The topological polar surface area (TPSA) is 55.1 Å². The molecule has 0 bridgehead atoms. The largest absolute Gasteiger partial charge is 0.338 e. The number of nitrogens with one attached hydrogen (secondary N) is 1. The number of benzene rings is 1. The van der Waals surface area contributed by atoms with Gasteiger partial charge < -0.3 is 4.52 Å². The van der Waals surface area contributed by atoms with Gasteiger partial charge in [0.25, 0.3) is 5.91 Å². The number of aromatic nitrogens is 1. The second-order valence-corrected chi connectivity index (χ2v) is 5.60. The molecule has 0 saturated heterocycles. The van der Waals surface area contributed by atoms with Crippen LogP contribution in [0.5, 0.6) is 0 Å². The van der Waals surface area contributed by atoms with Gasteiger partial charge in [-0.15, -0.1) is 0 Å². The van der Waals surface area contributed by atoms with E-state index < -0.39 is 0 Å². The highest BCUT2D eigenvalue weighted by Gasteiger charge is 2.13. The molecule has 0 aliphatic heterocycles. The second kappa shape index (κ2) is 5.57. The number of aryl methyl sites for hydroxylation is 1. The van der Waals surface area contributed by atoms with Gasteiger partial charge in [0.15, 0.2) is 0 Å². The minimum absolute atomic E-state index is 0.203. The number of rotatable bonds is 3. The summed E-state index contributed by atoms with van der Waals surface area (Å²) >= 11 is 3.36. The van der Waals surface area contributed by atoms with Crippen molar-refractivity contribution in [1.29, 1.82) is 0 Å². The summed E-state index contributed by atoms with van der Waals surface area (Å²) in [6.07, 6.45) is 0. The van der Waals surface area contributed by atoms with Crippen LogP contribution in [0.1, 0.15) is 41.4 Å². The molecule has 0 saturated carbocycles. The Morgan fingerprint density at radius 1 is 1.37 bits per heavy atom. The van der Waals surface area contributed by atoms with E-state index in [0.29, 0.717) is 11.4 Å². The van der Waals surface area contributed by atoms with Crippen LogP contribution in [0, 0.1) is 6.92 Å². The van der Waals surface area contributed by atoms with Crippen molar-refractivity contribution in [2.24, 2.45) is 0 Å². The number of nitrogens with zero attached hydrogens (tertiary/aromatic N) is 1. The average molecular weight is 323 g/mol. The zero-order valence-electron chi connectivity index (χ0n) is 11.0. The van der Waals surface area contributed by atoms with Gasteiger partial charge in [0.1, 0.15) is 0 Å². The molecule has 100 valence electrons. The van der Waals surface area contributed by atoms with Crippen LogP contribution in [0.15, 0.2) is 33.3 Å². The number of carbonyl (C=O) groups is 1. The molecule has 2 aromatic rings. The number of hydrogen-bond donors (Lipinski definition) is 1. The van der Waals surface area contributed by atoms with Crippen LogP contribution in [0.25, 0.3) is 0 Å². The molecule has 1 N–H and O–H groups in total. The molecule has 1 aromatic carbocycles. The van der Waals surface area contributed by atoms with Crippen LogP contribution < -0.4 is 5.32 Å². The number of hydrogen-bond acceptors (Lipinski definition) is 3. The highest BCUT2D eigenvalue weighted by atomic mass is 79.9. The summed E-state index contributed by atoms with van der Waals surface area (Å²) in [5.41, 5.74) is 2.34. The lowest BCUT2D eigenvalue weighted by atomic mass is 10.1. The molecule has 19 heavy (non-hydrogen) atoms. The van der Waals surface area contributed by atoms with Crippen LogP contribution in [0.3, 0.4) is 0 Å². The SMILES string of the molecule is Cc1ccc(Br)cc1C(=O)Nc1cc(C(C)C)no1. The van der Waals surface area contributed by atoms with Crippen molar-refractivity contribution in [3.63, 3.8) is 0 Å². The third-order valence-electron chi connectivity index (χ3n) is 2.80. The molecular formula is C14H15BrN2O2. The normalized spacial score (nSPS) is 10.8. The van der Waals surface area contributed by atoms with Gasteiger partial charge in [0.2, 0.25) is 5.88 Å². The molecule has 0 atom stereocenters. The summed E-state index contributed by atoms with van der Waals surface area (Å²) < 4.78 is 5.96. The van der Waals surface area contributed by atoms with Crippen molar-refractivity contribution < 1.29 is 9.32 Å². The van der Waals surface area contributed by atoms with Gasteiger partial charge in [0.05, 0.1) is 5.69 Å². The maximum Gasteiger partial charge on any atom is 0.258 e. The summed E-state index contributed by atoms with van der Waals surface area (Å²) in [6.45, 7) is 5.92. The maximum atomic E-state index is 12.1. The molecule has 1 heterocycles. The Balaban J connectivity index is 2.18. The molecule has 0 radical (unpaired) electrons. The van der Waals surface area contributed by atoms with Gasteiger partial charge in [-0.25, -0.2) is 0 Å². The minimum atomic E-state index is -0.203. The predicted octanol–water partition coefficient (Wildman–Crippen LogP) is 4.12. The fourth-order valence-electron chi connectivity index (χ4n) is 1.64. The van der Waals surface area contributed by atoms with E-state index >= 15 is 0 Å². The van der Waals surface area contributed by atoms with Crippen molar-refractivity contribution in [2.45, 2.75) is 26.7 Å². The van der Waals surface area contributed by atoms with Gasteiger partial charge in [-0.1, -0.05) is 41.0 Å². The Morgan fingerprint density at radius 3 is 2.74 bits per heavy atom. The molecule has 4 nitrogen and oxygen atoms in total. The van der Waals surface area contributed by atoms with Crippen molar-refractivity contribution in [3.05, 3.63) is 45.6 Å². The van der Waals surface area contributed by atoms with Crippen molar-refractivity contribution >= 4 is 27.7 Å². The van der Waals surface area contributed by atoms with E-state index in [1.54, 1.807) is 12.1 Å². The van der Waals surface area contributed by atoms with Gasteiger partial charge in [-0.3, -0.25) is 10.1 Å². The third kappa shape index (κ3) is 3.23. The van der Waals surface area contributed by atoms with Crippen LogP contribution in [-0.4, -0.2) is 11.1 Å². The minimum Gasteiger partial charge on any atom is -0.338 e. The average Bonchev–Trinajstić information content (AvgIpc) is 2.80. The highest BCUT2D eigenvalue weighted by molar-refractivity contribution is 9.10. The quantitative estimate of drug-likeness (QED) is 0.924. The first-order chi connectivity index (χ1) is 8.97. The zero-order chi connectivity index (χ0) is 14.0. The Bertz CT molecular complexity index is 605. The number of anilines is 1.